The van der Waals surface area contributed by atoms with E-state index in [1.54, 1.807) is 48.5 Å². The van der Waals surface area contributed by atoms with Crippen LogP contribution in [-0.4, -0.2) is 34.8 Å². The molecule has 156 valence electrons. The van der Waals surface area contributed by atoms with E-state index in [0.29, 0.717) is 11.3 Å². The summed E-state index contributed by atoms with van der Waals surface area (Å²) in [5, 5.41) is 3.33. The van der Waals surface area contributed by atoms with Crippen molar-refractivity contribution in [1.82, 2.24) is 5.01 Å². The van der Waals surface area contributed by atoms with Gasteiger partial charge in [-0.05, 0) is 35.9 Å². The quantitative estimate of drug-likeness (QED) is 0.594. The van der Waals surface area contributed by atoms with Crippen LogP contribution >= 0.6 is 0 Å². The molecule has 3 aromatic rings. The monoisotopic (exact) mass is 421 g/mol. The molecule has 3 heterocycles. The van der Waals surface area contributed by atoms with Crippen LogP contribution in [-0.2, 0) is 9.59 Å². The molecule has 6 nitrogen and oxygen atoms in total. The zero-order valence-electron chi connectivity index (χ0n) is 17.0. The van der Waals surface area contributed by atoms with Crippen LogP contribution in [0.3, 0.4) is 0 Å². The first kappa shape index (κ1) is 18.6. The molecule has 3 aliphatic rings. The number of imide groups is 1. The fourth-order valence-corrected chi connectivity index (χ4v) is 4.98. The largest absolute Gasteiger partial charge is 0.274 e. The van der Waals surface area contributed by atoms with E-state index in [9.17, 15) is 14.4 Å². The second-order valence-corrected chi connectivity index (χ2v) is 8.09. The van der Waals surface area contributed by atoms with Crippen molar-refractivity contribution in [3.63, 3.8) is 0 Å². The van der Waals surface area contributed by atoms with Gasteiger partial charge < -0.3 is 0 Å². The molecule has 2 fully saturated rings. The summed E-state index contributed by atoms with van der Waals surface area (Å²) in [6, 6.07) is 24.2. The highest BCUT2D eigenvalue weighted by Gasteiger charge is 2.63. The summed E-state index contributed by atoms with van der Waals surface area (Å²) < 4.78 is 0. The Morgan fingerprint density at radius 1 is 0.750 bits per heavy atom. The fraction of sp³-hybridized carbons (Fsp3) is 0.115. The van der Waals surface area contributed by atoms with Gasteiger partial charge in [0.1, 0.15) is 6.04 Å². The molecule has 3 aromatic carbocycles. The van der Waals surface area contributed by atoms with Crippen molar-refractivity contribution in [1.29, 1.82) is 0 Å². The summed E-state index contributed by atoms with van der Waals surface area (Å²) in [5.74, 6) is -1.64. The number of amides is 3. The molecule has 0 spiro atoms. The summed E-state index contributed by atoms with van der Waals surface area (Å²) in [6.45, 7) is 0. The molecule has 3 amide bonds. The van der Waals surface area contributed by atoms with Crippen molar-refractivity contribution >= 4 is 35.2 Å². The Labute approximate surface area is 184 Å². The number of hydrogen-bond acceptors (Lipinski definition) is 4. The minimum Gasteiger partial charge on any atom is -0.274 e. The Bertz CT molecular complexity index is 1270. The summed E-state index contributed by atoms with van der Waals surface area (Å²) in [6.07, 6.45) is 3.89. The van der Waals surface area contributed by atoms with Crippen LogP contribution in [0, 0.1) is 5.92 Å². The Morgan fingerprint density at radius 2 is 1.41 bits per heavy atom. The third-order valence-electron chi connectivity index (χ3n) is 6.36. The number of para-hydroxylation sites is 2. The Hall–Kier alpha value is -4.19. The van der Waals surface area contributed by atoms with E-state index in [1.165, 1.54) is 9.91 Å². The molecule has 3 atom stereocenters. The highest BCUT2D eigenvalue weighted by atomic mass is 16.2. The van der Waals surface area contributed by atoms with Gasteiger partial charge in [-0.1, -0.05) is 66.7 Å². The standard InChI is InChI=1S/C26H19N3O3/c30-24(18-10-3-1-4-11-18)29-23-22(21-16-15-17-9-7-8-14-20(17)28(21)29)25(31)27(26(23)32)19-12-5-2-6-13-19/h1-16,21-23H/t21-,22+,23-/m1/s1. The van der Waals surface area contributed by atoms with E-state index in [4.69, 9.17) is 0 Å². The first-order valence-electron chi connectivity index (χ1n) is 10.5. The fourth-order valence-electron chi connectivity index (χ4n) is 4.98. The smallest absolute Gasteiger partial charge is 0.273 e. The number of rotatable bonds is 2. The van der Waals surface area contributed by atoms with Gasteiger partial charge in [0.15, 0.2) is 0 Å². The van der Waals surface area contributed by atoms with E-state index in [0.717, 1.165) is 11.3 Å². The van der Waals surface area contributed by atoms with E-state index in [1.807, 2.05) is 53.6 Å². The predicted molar refractivity (Wildman–Crippen MR) is 121 cm³/mol. The maximum atomic E-state index is 13.7. The minimum absolute atomic E-state index is 0.284. The van der Waals surface area contributed by atoms with Gasteiger partial charge in [0.05, 0.1) is 23.3 Å². The molecular formula is C26H19N3O3. The van der Waals surface area contributed by atoms with Gasteiger partial charge in [-0.2, -0.15) is 0 Å². The van der Waals surface area contributed by atoms with Crippen LogP contribution in [0.25, 0.3) is 6.08 Å². The minimum atomic E-state index is -0.906. The van der Waals surface area contributed by atoms with Gasteiger partial charge >= 0.3 is 0 Å². The average Bonchev–Trinajstić information content (AvgIpc) is 3.32. The summed E-state index contributed by atoms with van der Waals surface area (Å²) in [5.41, 5.74) is 2.74. The van der Waals surface area contributed by atoms with Gasteiger partial charge in [-0.25, -0.2) is 9.91 Å². The lowest BCUT2D eigenvalue weighted by Gasteiger charge is -2.38. The van der Waals surface area contributed by atoms with Crippen LogP contribution in [0.1, 0.15) is 15.9 Å². The summed E-state index contributed by atoms with van der Waals surface area (Å²) in [4.78, 5) is 42.2. The number of fused-ring (bicyclic) bond motifs is 5. The molecule has 0 bridgehead atoms. The second-order valence-electron chi connectivity index (χ2n) is 8.09. The highest BCUT2D eigenvalue weighted by molar-refractivity contribution is 6.25. The second kappa shape index (κ2) is 6.92. The van der Waals surface area contributed by atoms with Crippen LogP contribution in [0.2, 0.25) is 0 Å². The molecule has 0 aromatic heterocycles. The van der Waals surface area contributed by atoms with E-state index >= 15 is 0 Å². The van der Waals surface area contributed by atoms with Crippen LogP contribution < -0.4 is 9.91 Å². The van der Waals surface area contributed by atoms with Crippen LogP contribution in [0.5, 0.6) is 0 Å². The highest BCUT2D eigenvalue weighted by Crippen LogP contribution is 2.46. The van der Waals surface area contributed by atoms with Gasteiger partial charge in [0.25, 0.3) is 11.8 Å². The van der Waals surface area contributed by atoms with E-state index in [-0.39, 0.29) is 17.7 Å². The predicted octanol–water partition coefficient (Wildman–Crippen LogP) is 3.52. The van der Waals surface area contributed by atoms with Gasteiger partial charge in [0, 0.05) is 5.56 Å². The van der Waals surface area contributed by atoms with Crippen molar-refractivity contribution in [2.75, 3.05) is 9.91 Å². The van der Waals surface area contributed by atoms with Crippen molar-refractivity contribution in [3.05, 3.63) is 102 Å². The third-order valence-corrected chi connectivity index (χ3v) is 6.36. The lowest BCUT2D eigenvalue weighted by Crippen LogP contribution is -2.52. The molecule has 0 N–H and O–H groups in total. The first-order chi connectivity index (χ1) is 15.7. The molecule has 3 aliphatic heterocycles. The van der Waals surface area contributed by atoms with Crippen LogP contribution in [0.4, 0.5) is 11.4 Å². The lowest BCUT2D eigenvalue weighted by atomic mass is 9.92. The summed E-state index contributed by atoms with van der Waals surface area (Å²) >= 11 is 0. The SMILES string of the molecule is O=C1[C@H]2[C@H]3C=Cc4ccccc4N3N(C(=O)c3ccccc3)[C@H]2C(=O)N1c1ccccc1. The normalized spacial score (nSPS) is 23.2. The zero-order valence-corrected chi connectivity index (χ0v) is 17.0. The van der Waals surface area contributed by atoms with Crippen molar-refractivity contribution < 1.29 is 14.4 Å². The molecule has 0 unspecified atom stereocenters. The molecule has 6 rings (SSSR count). The van der Waals surface area contributed by atoms with Crippen molar-refractivity contribution in [3.8, 4) is 0 Å². The number of hydrogen-bond donors (Lipinski definition) is 0. The average molecular weight is 421 g/mol. The number of carbonyl (C=O) groups excluding carboxylic acids is 3. The zero-order chi connectivity index (χ0) is 21.8. The third kappa shape index (κ3) is 2.49. The maximum Gasteiger partial charge on any atom is 0.273 e. The molecular weight excluding hydrogens is 402 g/mol. The van der Waals surface area contributed by atoms with Crippen LogP contribution in [0.15, 0.2) is 91.0 Å². The van der Waals surface area contributed by atoms with Gasteiger partial charge in [-0.15, -0.1) is 0 Å². The van der Waals surface area contributed by atoms with Gasteiger partial charge in [0.2, 0.25) is 5.91 Å². The molecule has 0 saturated carbocycles. The van der Waals surface area contributed by atoms with E-state index in [2.05, 4.69) is 0 Å². The Kier molecular flexibility index (Phi) is 4.01. The molecule has 6 heteroatoms. The van der Waals surface area contributed by atoms with Gasteiger partial charge in [-0.3, -0.25) is 19.4 Å². The topological polar surface area (TPSA) is 60.9 Å². The maximum absolute atomic E-state index is 13.7. The lowest BCUT2D eigenvalue weighted by molar-refractivity contribution is -0.123. The molecule has 0 aliphatic carbocycles. The molecule has 2 saturated heterocycles. The Morgan fingerprint density at radius 3 is 2.16 bits per heavy atom. The molecule has 32 heavy (non-hydrogen) atoms. The summed E-state index contributed by atoms with van der Waals surface area (Å²) in [7, 11) is 0. The number of benzene rings is 3. The number of hydrazine groups is 1. The van der Waals surface area contributed by atoms with E-state index < -0.39 is 18.0 Å². The first-order valence-corrected chi connectivity index (χ1v) is 10.5. The Balaban J connectivity index is 1.51. The van der Waals surface area contributed by atoms with Crippen molar-refractivity contribution in [2.45, 2.75) is 12.1 Å². The number of carbonyl (C=O) groups is 3. The number of anilines is 2. The number of nitrogens with zero attached hydrogens (tertiary/aromatic N) is 3. The van der Waals surface area contributed by atoms with Crippen molar-refractivity contribution in [2.24, 2.45) is 5.92 Å². The molecule has 0 radical (unpaired) electrons.